The SMILES string of the molecule is CN=C(NCCCNS(C)(=O)=O)NCc1ccc(OC)cc1. The molecule has 124 valence electrons. The normalized spacial score (nSPS) is 12.0. The molecule has 8 heteroatoms. The Morgan fingerprint density at radius 2 is 1.86 bits per heavy atom. The fourth-order valence-electron chi connectivity index (χ4n) is 1.70. The number of rotatable bonds is 8. The molecule has 1 aromatic rings. The van der Waals surface area contributed by atoms with E-state index in [0.29, 0.717) is 32.0 Å². The molecule has 0 amide bonds. The molecule has 0 saturated heterocycles. The average Bonchev–Trinajstić information content (AvgIpc) is 2.49. The van der Waals surface area contributed by atoms with Crippen molar-refractivity contribution in [1.29, 1.82) is 0 Å². The zero-order valence-corrected chi connectivity index (χ0v) is 14.0. The summed E-state index contributed by atoms with van der Waals surface area (Å²) in [7, 11) is 0.213. The van der Waals surface area contributed by atoms with E-state index in [4.69, 9.17) is 4.74 Å². The maximum Gasteiger partial charge on any atom is 0.208 e. The molecule has 0 heterocycles. The molecule has 0 unspecified atom stereocenters. The third-order valence-electron chi connectivity index (χ3n) is 2.85. The Labute approximate surface area is 132 Å². The zero-order valence-electron chi connectivity index (χ0n) is 13.2. The summed E-state index contributed by atoms with van der Waals surface area (Å²) in [5, 5.41) is 6.32. The third kappa shape index (κ3) is 7.84. The maximum atomic E-state index is 10.9. The van der Waals surface area contributed by atoms with Crippen molar-refractivity contribution >= 4 is 16.0 Å². The molecular weight excluding hydrogens is 304 g/mol. The molecule has 0 saturated carbocycles. The number of hydrogen-bond donors (Lipinski definition) is 3. The van der Waals surface area contributed by atoms with Gasteiger partial charge in [0, 0.05) is 26.7 Å². The van der Waals surface area contributed by atoms with Crippen LogP contribution in [0.25, 0.3) is 0 Å². The van der Waals surface area contributed by atoms with Crippen LogP contribution in [0.15, 0.2) is 29.3 Å². The summed E-state index contributed by atoms with van der Waals surface area (Å²) in [5.41, 5.74) is 1.11. The minimum absolute atomic E-state index is 0.404. The highest BCUT2D eigenvalue weighted by Crippen LogP contribution is 2.10. The quantitative estimate of drug-likeness (QED) is 0.363. The van der Waals surface area contributed by atoms with Crippen LogP contribution in [0.5, 0.6) is 5.75 Å². The monoisotopic (exact) mass is 328 g/mol. The highest BCUT2D eigenvalue weighted by atomic mass is 32.2. The van der Waals surface area contributed by atoms with Gasteiger partial charge in [0.15, 0.2) is 5.96 Å². The van der Waals surface area contributed by atoms with E-state index in [-0.39, 0.29) is 0 Å². The number of sulfonamides is 1. The lowest BCUT2D eigenvalue weighted by molar-refractivity contribution is 0.414. The fourth-order valence-corrected chi connectivity index (χ4v) is 2.22. The van der Waals surface area contributed by atoms with Gasteiger partial charge in [0.2, 0.25) is 10.0 Å². The van der Waals surface area contributed by atoms with Crippen LogP contribution in [0.1, 0.15) is 12.0 Å². The lowest BCUT2D eigenvalue weighted by Crippen LogP contribution is -2.38. The Bertz CT molecular complexity index is 570. The van der Waals surface area contributed by atoms with Crippen LogP contribution in [0.2, 0.25) is 0 Å². The van der Waals surface area contributed by atoms with Crippen molar-refractivity contribution in [3.05, 3.63) is 29.8 Å². The number of nitrogens with one attached hydrogen (secondary N) is 3. The highest BCUT2D eigenvalue weighted by molar-refractivity contribution is 7.88. The number of benzene rings is 1. The molecule has 0 aliphatic heterocycles. The van der Waals surface area contributed by atoms with Crippen molar-refractivity contribution in [1.82, 2.24) is 15.4 Å². The van der Waals surface area contributed by atoms with Gasteiger partial charge in [-0.15, -0.1) is 0 Å². The molecule has 22 heavy (non-hydrogen) atoms. The van der Waals surface area contributed by atoms with Crippen molar-refractivity contribution in [3.63, 3.8) is 0 Å². The molecule has 1 aromatic carbocycles. The van der Waals surface area contributed by atoms with Gasteiger partial charge >= 0.3 is 0 Å². The van der Waals surface area contributed by atoms with E-state index in [2.05, 4.69) is 20.3 Å². The molecule has 0 spiro atoms. The van der Waals surface area contributed by atoms with Crippen molar-refractivity contribution in [3.8, 4) is 5.75 Å². The second-order valence-electron chi connectivity index (χ2n) is 4.72. The molecule has 1 rings (SSSR count). The lowest BCUT2D eigenvalue weighted by Gasteiger charge is -2.12. The standard InChI is InChI=1S/C14H24N4O3S/c1-15-14(16-9-4-10-18-22(3,19)20)17-11-12-5-7-13(21-2)8-6-12/h5-8,18H,4,9-11H2,1-3H3,(H2,15,16,17). The Balaban J connectivity index is 2.27. The van der Waals surface area contributed by atoms with Crippen LogP contribution in [0.4, 0.5) is 0 Å². The van der Waals surface area contributed by atoms with Crippen molar-refractivity contribution in [2.45, 2.75) is 13.0 Å². The molecule has 0 aliphatic rings. The Morgan fingerprint density at radius 3 is 2.41 bits per heavy atom. The van der Waals surface area contributed by atoms with Gasteiger partial charge in [0.1, 0.15) is 5.75 Å². The smallest absolute Gasteiger partial charge is 0.208 e. The average molecular weight is 328 g/mol. The van der Waals surface area contributed by atoms with Crippen LogP contribution in [-0.2, 0) is 16.6 Å². The van der Waals surface area contributed by atoms with Gasteiger partial charge in [-0.1, -0.05) is 12.1 Å². The molecule has 3 N–H and O–H groups in total. The van der Waals surface area contributed by atoms with Crippen LogP contribution in [0.3, 0.4) is 0 Å². The first kappa shape index (κ1) is 18.2. The Hall–Kier alpha value is -1.80. The van der Waals surface area contributed by atoms with E-state index >= 15 is 0 Å². The molecule has 0 atom stereocenters. The van der Waals surface area contributed by atoms with Crippen LogP contribution < -0.4 is 20.1 Å². The van der Waals surface area contributed by atoms with Crippen LogP contribution in [0, 0.1) is 0 Å². The van der Waals surface area contributed by atoms with Crippen molar-refractivity contribution in [2.75, 3.05) is 33.5 Å². The van der Waals surface area contributed by atoms with Crippen LogP contribution >= 0.6 is 0 Å². The first-order valence-corrected chi connectivity index (χ1v) is 8.86. The number of hydrogen-bond acceptors (Lipinski definition) is 4. The van der Waals surface area contributed by atoms with E-state index < -0.39 is 10.0 Å². The molecule has 0 bridgehead atoms. The van der Waals surface area contributed by atoms with Gasteiger partial charge < -0.3 is 15.4 Å². The largest absolute Gasteiger partial charge is 0.497 e. The maximum absolute atomic E-state index is 10.9. The highest BCUT2D eigenvalue weighted by Gasteiger charge is 2.01. The number of ether oxygens (including phenoxy) is 1. The topological polar surface area (TPSA) is 91.8 Å². The first-order valence-electron chi connectivity index (χ1n) is 6.96. The third-order valence-corrected chi connectivity index (χ3v) is 3.58. The summed E-state index contributed by atoms with van der Waals surface area (Å²) in [4.78, 5) is 4.11. The number of aliphatic imine (C=N–C) groups is 1. The predicted molar refractivity (Wildman–Crippen MR) is 88.7 cm³/mol. The van der Waals surface area contributed by atoms with Gasteiger partial charge in [0.25, 0.3) is 0 Å². The summed E-state index contributed by atoms with van der Waals surface area (Å²) >= 11 is 0. The van der Waals surface area contributed by atoms with E-state index in [1.165, 1.54) is 0 Å². The summed E-state index contributed by atoms with van der Waals surface area (Å²) in [6, 6.07) is 7.78. The molecule has 0 aromatic heterocycles. The van der Waals surface area contributed by atoms with Gasteiger partial charge in [-0.05, 0) is 24.1 Å². The van der Waals surface area contributed by atoms with E-state index in [1.807, 2.05) is 24.3 Å². The summed E-state index contributed by atoms with van der Waals surface area (Å²) in [5.74, 6) is 1.50. The summed E-state index contributed by atoms with van der Waals surface area (Å²) < 4.78 is 29.4. The van der Waals surface area contributed by atoms with E-state index in [1.54, 1.807) is 14.2 Å². The van der Waals surface area contributed by atoms with Gasteiger partial charge in [-0.2, -0.15) is 0 Å². The van der Waals surface area contributed by atoms with Crippen molar-refractivity contribution < 1.29 is 13.2 Å². The number of guanidine groups is 1. The number of methoxy groups -OCH3 is 1. The van der Waals surface area contributed by atoms with Gasteiger partial charge in [-0.3, -0.25) is 4.99 Å². The molecule has 0 radical (unpaired) electrons. The minimum Gasteiger partial charge on any atom is -0.497 e. The zero-order chi connectivity index (χ0) is 16.4. The molecule has 0 aliphatic carbocycles. The van der Waals surface area contributed by atoms with Crippen LogP contribution in [-0.4, -0.2) is 47.9 Å². The van der Waals surface area contributed by atoms with Crippen molar-refractivity contribution in [2.24, 2.45) is 4.99 Å². The molecule has 7 nitrogen and oxygen atoms in total. The van der Waals surface area contributed by atoms with Gasteiger partial charge in [-0.25, -0.2) is 13.1 Å². The fraction of sp³-hybridized carbons (Fsp3) is 0.500. The molecule has 0 fully saturated rings. The van der Waals surface area contributed by atoms with E-state index in [0.717, 1.165) is 17.6 Å². The number of nitrogens with zero attached hydrogens (tertiary/aromatic N) is 1. The predicted octanol–water partition coefficient (Wildman–Crippen LogP) is 0.300. The Kier molecular flexibility index (Phi) is 7.69. The summed E-state index contributed by atoms with van der Waals surface area (Å²) in [6.07, 6.45) is 1.83. The minimum atomic E-state index is -3.12. The van der Waals surface area contributed by atoms with E-state index in [9.17, 15) is 8.42 Å². The Morgan fingerprint density at radius 1 is 1.18 bits per heavy atom. The lowest BCUT2D eigenvalue weighted by atomic mass is 10.2. The molecular formula is C14H24N4O3S. The second-order valence-corrected chi connectivity index (χ2v) is 6.55. The summed E-state index contributed by atoms with van der Waals surface area (Å²) in [6.45, 7) is 1.68. The van der Waals surface area contributed by atoms with Gasteiger partial charge in [0.05, 0.1) is 13.4 Å². The second kappa shape index (κ2) is 9.26. The first-order chi connectivity index (χ1) is 10.4.